The van der Waals surface area contributed by atoms with Gasteiger partial charge in [-0.1, -0.05) is 27.2 Å². The maximum atomic E-state index is 8.00. The van der Waals surface area contributed by atoms with Gasteiger partial charge in [0.15, 0.2) is 0 Å². The van der Waals surface area contributed by atoms with Gasteiger partial charge in [0.25, 0.3) is 0 Å². The largest absolute Gasteiger partial charge is 0.307 e. The van der Waals surface area contributed by atoms with E-state index >= 15 is 0 Å². The summed E-state index contributed by atoms with van der Waals surface area (Å²) in [5, 5.41) is 0. The molecule has 0 aliphatic rings. The van der Waals surface area contributed by atoms with Crippen LogP contribution in [0.2, 0.25) is 0 Å². The standard InChI is InChI=1S/C5H12.CH2O/c1-4-5(2)3;1-2/h5H,4H2,1-3H3;1H2. The van der Waals surface area contributed by atoms with Gasteiger partial charge in [0.2, 0.25) is 0 Å². The van der Waals surface area contributed by atoms with Crippen LogP contribution in [0.3, 0.4) is 0 Å². The van der Waals surface area contributed by atoms with Gasteiger partial charge in [-0.25, -0.2) is 0 Å². The molecule has 44 valence electrons. The lowest BCUT2D eigenvalue weighted by Crippen LogP contribution is -1.77. The minimum atomic E-state index is 0.884. The van der Waals surface area contributed by atoms with E-state index in [1.807, 2.05) is 6.79 Å². The van der Waals surface area contributed by atoms with Gasteiger partial charge in [-0.05, 0) is 5.92 Å². The maximum absolute atomic E-state index is 8.00. The van der Waals surface area contributed by atoms with Gasteiger partial charge >= 0.3 is 0 Å². The molecule has 0 rings (SSSR count). The van der Waals surface area contributed by atoms with Crippen LogP contribution in [0.4, 0.5) is 0 Å². The highest BCUT2D eigenvalue weighted by molar-refractivity contribution is 5.10. The molecule has 0 radical (unpaired) electrons. The Morgan fingerprint density at radius 1 is 1.43 bits per heavy atom. The van der Waals surface area contributed by atoms with Crippen molar-refractivity contribution in [3.05, 3.63) is 0 Å². The van der Waals surface area contributed by atoms with E-state index in [1.165, 1.54) is 6.42 Å². The molecular weight excluding hydrogens is 88.1 g/mol. The molecule has 0 atom stereocenters. The molecule has 1 nitrogen and oxygen atoms in total. The monoisotopic (exact) mass is 102 g/mol. The quantitative estimate of drug-likeness (QED) is 0.494. The summed E-state index contributed by atoms with van der Waals surface area (Å²) < 4.78 is 0. The number of rotatable bonds is 1. The summed E-state index contributed by atoms with van der Waals surface area (Å²) in [6.45, 7) is 8.64. The third-order valence-electron chi connectivity index (χ3n) is 0.816. The molecule has 0 spiro atoms. The predicted octanol–water partition coefficient (Wildman–Crippen LogP) is 1.87. The van der Waals surface area contributed by atoms with Gasteiger partial charge in [0.05, 0.1) is 0 Å². The van der Waals surface area contributed by atoms with Crippen LogP contribution in [0.25, 0.3) is 0 Å². The van der Waals surface area contributed by atoms with Crippen molar-refractivity contribution in [2.45, 2.75) is 27.2 Å². The first-order valence-corrected chi connectivity index (χ1v) is 2.56. The molecule has 0 bridgehead atoms. The van der Waals surface area contributed by atoms with Crippen molar-refractivity contribution in [2.75, 3.05) is 0 Å². The van der Waals surface area contributed by atoms with Crippen LogP contribution in [0.5, 0.6) is 0 Å². The van der Waals surface area contributed by atoms with E-state index in [0.717, 1.165) is 5.92 Å². The second-order valence-electron chi connectivity index (χ2n) is 1.80. The highest BCUT2D eigenvalue weighted by Crippen LogP contribution is 1.93. The summed E-state index contributed by atoms with van der Waals surface area (Å²) in [4.78, 5) is 8.00. The normalized spacial score (nSPS) is 7.43. The van der Waals surface area contributed by atoms with E-state index < -0.39 is 0 Å². The third kappa shape index (κ3) is 27.4. The number of hydrogen-bond donors (Lipinski definition) is 0. The van der Waals surface area contributed by atoms with Gasteiger partial charge in [-0.2, -0.15) is 0 Å². The molecule has 0 heterocycles. The average molecular weight is 102 g/mol. The van der Waals surface area contributed by atoms with Gasteiger partial charge < -0.3 is 4.79 Å². The number of hydrogen-bond acceptors (Lipinski definition) is 1. The Kier molecular flexibility index (Phi) is 12.9. The van der Waals surface area contributed by atoms with Crippen LogP contribution in [-0.4, -0.2) is 6.79 Å². The molecule has 0 saturated carbocycles. The molecule has 0 aromatic carbocycles. The Morgan fingerprint density at radius 3 is 1.57 bits per heavy atom. The minimum Gasteiger partial charge on any atom is -0.307 e. The second kappa shape index (κ2) is 9.18. The Morgan fingerprint density at radius 2 is 1.57 bits per heavy atom. The predicted molar refractivity (Wildman–Crippen MR) is 32.2 cm³/mol. The third-order valence-corrected chi connectivity index (χ3v) is 0.816. The van der Waals surface area contributed by atoms with Crippen LogP contribution in [0.15, 0.2) is 0 Å². The van der Waals surface area contributed by atoms with Crippen LogP contribution >= 0.6 is 0 Å². The van der Waals surface area contributed by atoms with Crippen molar-refractivity contribution in [3.8, 4) is 0 Å². The van der Waals surface area contributed by atoms with Crippen molar-refractivity contribution in [1.82, 2.24) is 0 Å². The zero-order valence-corrected chi connectivity index (χ0v) is 5.40. The summed E-state index contributed by atoms with van der Waals surface area (Å²) in [7, 11) is 0. The van der Waals surface area contributed by atoms with Gasteiger partial charge in [0, 0.05) is 0 Å². The Balaban J connectivity index is 0. The molecule has 0 aliphatic heterocycles. The van der Waals surface area contributed by atoms with Crippen molar-refractivity contribution in [1.29, 1.82) is 0 Å². The summed E-state index contributed by atoms with van der Waals surface area (Å²) in [5.74, 6) is 0.884. The SMILES string of the molecule is C=O.CCC(C)C. The first-order chi connectivity index (χ1) is 3.27. The lowest BCUT2D eigenvalue weighted by molar-refractivity contribution is -0.0979. The summed E-state index contributed by atoms with van der Waals surface area (Å²) in [6.07, 6.45) is 1.31. The van der Waals surface area contributed by atoms with E-state index in [4.69, 9.17) is 4.79 Å². The highest BCUT2D eigenvalue weighted by atomic mass is 16.1. The van der Waals surface area contributed by atoms with E-state index in [-0.39, 0.29) is 0 Å². The van der Waals surface area contributed by atoms with Gasteiger partial charge in [0.1, 0.15) is 6.79 Å². The van der Waals surface area contributed by atoms with Crippen molar-refractivity contribution in [3.63, 3.8) is 0 Å². The second-order valence-corrected chi connectivity index (χ2v) is 1.80. The molecule has 0 fully saturated rings. The average Bonchev–Trinajstić information content (AvgIpc) is 1.73. The zero-order chi connectivity index (χ0) is 6.28. The van der Waals surface area contributed by atoms with Crippen LogP contribution in [-0.2, 0) is 4.79 Å². The Hall–Kier alpha value is -0.330. The van der Waals surface area contributed by atoms with Crippen LogP contribution < -0.4 is 0 Å². The topological polar surface area (TPSA) is 17.1 Å². The fourth-order valence-electron chi connectivity index (χ4n) is 0. The van der Waals surface area contributed by atoms with E-state index in [1.54, 1.807) is 0 Å². The Labute approximate surface area is 45.7 Å². The summed E-state index contributed by atoms with van der Waals surface area (Å²) in [5.41, 5.74) is 0. The van der Waals surface area contributed by atoms with Crippen molar-refractivity contribution >= 4 is 6.79 Å². The van der Waals surface area contributed by atoms with E-state index in [2.05, 4.69) is 20.8 Å². The van der Waals surface area contributed by atoms with Crippen LogP contribution in [0, 0.1) is 5.92 Å². The molecule has 0 aromatic rings. The van der Waals surface area contributed by atoms with Crippen molar-refractivity contribution in [2.24, 2.45) is 5.92 Å². The van der Waals surface area contributed by atoms with Crippen molar-refractivity contribution < 1.29 is 4.79 Å². The fourth-order valence-corrected chi connectivity index (χ4v) is 0. The summed E-state index contributed by atoms with van der Waals surface area (Å²) in [6, 6.07) is 0. The molecule has 0 aliphatic carbocycles. The fraction of sp³-hybridized carbons (Fsp3) is 0.833. The Bertz CT molecular complexity index is 25.4. The minimum absolute atomic E-state index is 0.884. The number of carbonyl (C=O) groups is 1. The molecule has 0 N–H and O–H groups in total. The summed E-state index contributed by atoms with van der Waals surface area (Å²) >= 11 is 0. The first-order valence-electron chi connectivity index (χ1n) is 2.56. The highest BCUT2D eigenvalue weighted by Gasteiger charge is 1.80. The first kappa shape index (κ1) is 9.83. The van der Waals surface area contributed by atoms with E-state index in [9.17, 15) is 0 Å². The number of carbonyl (C=O) groups excluding carboxylic acids is 1. The van der Waals surface area contributed by atoms with Crippen LogP contribution in [0.1, 0.15) is 27.2 Å². The smallest absolute Gasteiger partial charge is 0.106 e. The maximum Gasteiger partial charge on any atom is 0.106 e. The molecule has 0 saturated heterocycles. The zero-order valence-electron chi connectivity index (χ0n) is 5.40. The molecule has 1 heteroatoms. The lowest BCUT2D eigenvalue weighted by atomic mass is 10.2. The molecular formula is C6H14O. The molecule has 0 unspecified atom stereocenters. The molecule has 0 amide bonds. The van der Waals surface area contributed by atoms with E-state index in [0.29, 0.717) is 0 Å². The molecule has 0 aromatic heterocycles. The van der Waals surface area contributed by atoms with Gasteiger partial charge in [-0.15, -0.1) is 0 Å². The lowest BCUT2D eigenvalue weighted by Gasteiger charge is -1.90. The molecule has 7 heavy (non-hydrogen) atoms. The van der Waals surface area contributed by atoms with Gasteiger partial charge in [-0.3, -0.25) is 0 Å².